The van der Waals surface area contributed by atoms with Gasteiger partial charge >= 0.3 is 0 Å². The van der Waals surface area contributed by atoms with Crippen molar-refractivity contribution < 1.29 is 20.1 Å². The van der Waals surface area contributed by atoms with Crippen LogP contribution in [0.5, 0.6) is 0 Å². The van der Waals surface area contributed by atoms with Crippen LogP contribution >= 0.6 is 11.3 Å². The van der Waals surface area contributed by atoms with E-state index in [2.05, 4.69) is 148 Å². The first-order valence-electron chi connectivity index (χ1n) is 16.8. The maximum atomic E-state index is 8.86. The molecule has 50 heavy (non-hydrogen) atoms. The van der Waals surface area contributed by atoms with Gasteiger partial charge in [-0.3, -0.25) is 0 Å². The summed E-state index contributed by atoms with van der Waals surface area (Å²) in [6.07, 6.45) is 3.96. The van der Waals surface area contributed by atoms with Crippen LogP contribution in [-0.4, -0.2) is 18.0 Å². The Labute approximate surface area is 315 Å². The summed E-state index contributed by atoms with van der Waals surface area (Å²) in [5.74, 6) is 0.962. The Morgan fingerprint density at radius 1 is 0.760 bits per heavy atom. The van der Waals surface area contributed by atoms with E-state index in [0.717, 1.165) is 22.5 Å². The van der Waals surface area contributed by atoms with E-state index in [1.54, 1.807) is 6.07 Å². The van der Waals surface area contributed by atoms with Crippen LogP contribution in [0.3, 0.4) is 0 Å². The minimum absolute atomic E-state index is 0. The zero-order valence-electron chi connectivity index (χ0n) is 29.6. The molecule has 7 aromatic rings. The van der Waals surface area contributed by atoms with Gasteiger partial charge in [0.05, 0.1) is 8.07 Å². The van der Waals surface area contributed by atoms with Crippen molar-refractivity contribution >= 4 is 44.8 Å². The first-order chi connectivity index (χ1) is 23.5. The van der Waals surface area contributed by atoms with Gasteiger partial charge in [0.15, 0.2) is 0 Å². The van der Waals surface area contributed by atoms with E-state index < -0.39 is 8.07 Å². The third kappa shape index (κ3) is 8.04. The molecular formula is C44H41IrN3SSi-2. The summed E-state index contributed by atoms with van der Waals surface area (Å²) < 4.78 is 2.56. The van der Waals surface area contributed by atoms with E-state index in [9.17, 15) is 0 Å². The minimum Gasteiger partial charge on any atom is -0.305 e. The van der Waals surface area contributed by atoms with E-state index in [4.69, 9.17) is 5.26 Å². The molecule has 3 heterocycles. The molecule has 0 aliphatic rings. The third-order valence-corrected chi connectivity index (χ3v) is 12.1. The molecule has 4 aromatic carbocycles. The largest absolute Gasteiger partial charge is 0.305 e. The van der Waals surface area contributed by atoms with Gasteiger partial charge in [-0.25, -0.2) is 5.26 Å². The smallest absolute Gasteiger partial charge is 0.0799 e. The maximum Gasteiger partial charge on any atom is 0.0799 e. The van der Waals surface area contributed by atoms with E-state index >= 15 is 0 Å². The number of pyridine rings is 2. The minimum atomic E-state index is -1.40. The Morgan fingerprint density at radius 2 is 1.54 bits per heavy atom. The van der Waals surface area contributed by atoms with Gasteiger partial charge in [0.1, 0.15) is 0 Å². The van der Waals surface area contributed by atoms with Crippen LogP contribution < -0.4 is 5.19 Å². The fourth-order valence-electron chi connectivity index (χ4n) is 6.06. The van der Waals surface area contributed by atoms with Crippen molar-refractivity contribution in [3.63, 3.8) is 0 Å². The quantitative estimate of drug-likeness (QED) is 0.124. The van der Waals surface area contributed by atoms with E-state index in [0.29, 0.717) is 17.4 Å². The molecule has 0 saturated carbocycles. The van der Waals surface area contributed by atoms with E-state index in [1.165, 1.54) is 47.6 Å². The number of rotatable bonds is 6. The van der Waals surface area contributed by atoms with Crippen molar-refractivity contribution in [1.29, 1.82) is 5.26 Å². The van der Waals surface area contributed by atoms with Crippen LogP contribution in [0.2, 0.25) is 19.6 Å². The van der Waals surface area contributed by atoms with Gasteiger partial charge < -0.3 is 9.97 Å². The van der Waals surface area contributed by atoms with Crippen LogP contribution in [0.25, 0.3) is 53.8 Å². The van der Waals surface area contributed by atoms with Gasteiger partial charge in [0, 0.05) is 43.3 Å². The van der Waals surface area contributed by atoms with Crippen molar-refractivity contribution in [2.75, 3.05) is 0 Å². The van der Waals surface area contributed by atoms with Crippen LogP contribution in [0.1, 0.15) is 56.2 Å². The second kappa shape index (κ2) is 15.8. The van der Waals surface area contributed by atoms with Crippen LogP contribution in [0.4, 0.5) is 0 Å². The molecule has 0 atom stereocenters. The third-order valence-electron chi connectivity index (χ3n) is 8.83. The summed E-state index contributed by atoms with van der Waals surface area (Å²) in [6, 6.07) is 42.2. The number of nitriles is 1. The topological polar surface area (TPSA) is 49.6 Å². The van der Waals surface area contributed by atoms with Gasteiger partial charge in [-0.2, -0.15) is 11.3 Å². The number of thiophene rings is 1. The summed E-state index contributed by atoms with van der Waals surface area (Å²) in [4.78, 5) is 9.29. The number of nitrogens with zero attached hydrogens (tertiary/aromatic N) is 3. The van der Waals surface area contributed by atoms with Crippen molar-refractivity contribution in [3.8, 4) is 39.7 Å². The first-order valence-corrected chi connectivity index (χ1v) is 21.2. The number of aromatic nitrogens is 2. The van der Waals surface area contributed by atoms with Gasteiger partial charge in [-0.05, 0) is 67.3 Å². The molecule has 7 rings (SSSR count). The molecule has 0 aliphatic carbocycles. The fourth-order valence-corrected chi connectivity index (χ4v) is 8.99. The molecule has 3 nitrogen and oxygen atoms in total. The van der Waals surface area contributed by atoms with Crippen LogP contribution in [0.15, 0.2) is 109 Å². The second-order valence-electron chi connectivity index (χ2n) is 14.1. The zero-order valence-corrected chi connectivity index (χ0v) is 33.8. The number of hydrogen-bond donors (Lipinski definition) is 0. The Kier molecular flexibility index (Phi) is 11.7. The van der Waals surface area contributed by atoms with Crippen LogP contribution in [0, 0.1) is 23.5 Å². The molecule has 0 bridgehead atoms. The van der Waals surface area contributed by atoms with Gasteiger partial charge in [0.2, 0.25) is 0 Å². The molecule has 0 aliphatic heterocycles. The van der Waals surface area contributed by atoms with Crippen LogP contribution in [-0.2, 0) is 20.1 Å². The normalized spacial score (nSPS) is 11.3. The maximum absolute atomic E-state index is 8.86. The van der Waals surface area contributed by atoms with Gasteiger partial charge in [-0.1, -0.05) is 118 Å². The second-order valence-corrected chi connectivity index (χ2v) is 20.2. The Balaban J connectivity index is 0.000000199. The molecule has 0 fully saturated rings. The number of benzene rings is 4. The number of hydrogen-bond acceptors (Lipinski definition) is 4. The Morgan fingerprint density at radius 3 is 2.20 bits per heavy atom. The molecule has 1 radical (unpaired) electrons. The molecule has 0 amide bonds. The Bertz CT molecular complexity index is 2280. The summed E-state index contributed by atoms with van der Waals surface area (Å²) >= 11 is 1.83. The molecule has 0 spiro atoms. The van der Waals surface area contributed by atoms with Crippen molar-refractivity contribution in [2.24, 2.45) is 0 Å². The first kappa shape index (κ1) is 37.0. The molecule has 0 saturated heterocycles. The monoisotopic (exact) mass is 864 g/mol. The predicted octanol–water partition coefficient (Wildman–Crippen LogP) is 11.8. The zero-order chi connectivity index (χ0) is 34.7. The van der Waals surface area contributed by atoms with Crippen molar-refractivity contribution in [3.05, 3.63) is 138 Å². The Hall–Kier alpha value is -4.24. The molecule has 0 unspecified atom stereocenters. The van der Waals surface area contributed by atoms with Gasteiger partial charge in [0.25, 0.3) is 0 Å². The standard InChI is InChI=1S/C26H20NS.C18H21N2Si.Ir/c1-17(2)19-13-14-27-24(15-19)23-10-6-9-22-21-12-11-20(16-25(21)28-26(22)23)18-7-4-3-5-8-18;1-13(2)16-10-17(20-12-18(16)21(3,4)5)15-8-6-14(11-19)7-9-15;/h3-9,11-17H,1-2H3;6-8,10,12-13H,1-5H3;/q2*-1;. The molecule has 3 aromatic heterocycles. The molecule has 0 N–H and O–H groups in total. The fraction of sp³-hybridized carbons (Fsp3) is 0.205. The molecule has 253 valence electrons. The van der Waals surface area contributed by atoms with E-state index in [-0.39, 0.29) is 20.1 Å². The molecular weight excluding hydrogens is 823 g/mol. The van der Waals surface area contributed by atoms with Crippen molar-refractivity contribution in [2.45, 2.75) is 59.2 Å². The van der Waals surface area contributed by atoms with E-state index in [1.807, 2.05) is 41.9 Å². The average molecular weight is 864 g/mol. The average Bonchev–Trinajstić information content (AvgIpc) is 3.50. The summed E-state index contributed by atoms with van der Waals surface area (Å²) in [7, 11) is -1.40. The summed E-state index contributed by atoms with van der Waals surface area (Å²) in [5, 5.41) is 12.9. The summed E-state index contributed by atoms with van der Waals surface area (Å²) in [6.45, 7) is 15.9. The SMILES string of the molecule is CC(C)c1cc(-c2[c-]cc(C#N)cc2)ncc1[Si](C)(C)C.CC(C)c1ccnc(-c2[c-]ccc3c2sc2cc(-c4ccccc4)ccc23)c1.[Ir]. The van der Waals surface area contributed by atoms with Crippen molar-refractivity contribution in [1.82, 2.24) is 9.97 Å². The summed E-state index contributed by atoms with van der Waals surface area (Å²) in [5.41, 5.74) is 9.81. The van der Waals surface area contributed by atoms with Gasteiger partial charge in [-0.15, -0.1) is 53.6 Å². The predicted molar refractivity (Wildman–Crippen MR) is 211 cm³/mol. The molecule has 6 heteroatoms. The number of fused-ring (bicyclic) bond motifs is 3.